The summed E-state index contributed by atoms with van der Waals surface area (Å²) in [4.78, 5) is 29.8. The lowest BCUT2D eigenvalue weighted by molar-refractivity contribution is 0.0922. The Labute approximate surface area is 207 Å². The largest absolute Gasteiger partial charge is 0.493 e. The molecule has 0 amide bonds. The Balaban J connectivity index is 1.62. The number of rotatable bonds is 7. The quantitative estimate of drug-likeness (QED) is 0.293. The van der Waals surface area contributed by atoms with Gasteiger partial charge in [0.15, 0.2) is 23.9 Å². The Morgan fingerprint density at radius 2 is 1.67 bits per heavy atom. The van der Waals surface area contributed by atoms with Gasteiger partial charge in [-0.1, -0.05) is 18.2 Å². The Bertz CT molecular complexity index is 1680. The number of carbonyl (C=O) groups excluding carboxylic acids is 1. The van der Waals surface area contributed by atoms with Gasteiger partial charge in [-0.3, -0.25) is 9.59 Å². The number of hydrogen-bond acceptors (Lipinski definition) is 6. The molecule has 0 atom stereocenters. The summed E-state index contributed by atoms with van der Waals surface area (Å²) in [7, 11) is 3.07. The monoisotopic (exact) mass is 483 g/mol. The Morgan fingerprint density at radius 3 is 2.44 bits per heavy atom. The number of aromatic amines is 1. The SMILES string of the molecule is COc1ccc(-c2oc3cc(C)c(C)cc3c(=O)c2OCC(=O)c2c[nH]c3ccccc23)cc1OC. The van der Waals surface area contributed by atoms with Crippen LogP contribution in [0.4, 0.5) is 0 Å². The molecule has 0 unspecified atom stereocenters. The highest BCUT2D eigenvalue weighted by atomic mass is 16.5. The number of hydrogen-bond donors (Lipinski definition) is 1. The van der Waals surface area contributed by atoms with Crippen molar-refractivity contribution in [2.45, 2.75) is 13.8 Å². The molecule has 0 aliphatic carbocycles. The van der Waals surface area contributed by atoms with Crippen molar-refractivity contribution in [2.75, 3.05) is 20.8 Å². The summed E-state index contributed by atoms with van der Waals surface area (Å²) < 4.78 is 22.9. The lowest BCUT2D eigenvalue weighted by Gasteiger charge is -2.14. The van der Waals surface area contributed by atoms with Crippen LogP contribution in [0, 0.1) is 13.8 Å². The van der Waals surface area contributed by atoms with E-state index in [1.807, 2.05) is 44.2 Å². The van der Waals surface area contributed by atoms with Gasteiger partial charge in [0.25, 0.3) is 0 Å². The number of methoxy groups -OCH3 is 2. The van der Waals surface area contributed by atoms with Crippen LogP contribution in [0.15, 0.2) is 70.0 Å². The summed E-state index contributed by atoms with van der Waals surface area (Å²) in [6.07, 6.45) is 1.65. The average molecular weight is 484 g/mol. The molecule has 182 valence electrons. The fraction of sp³-hybridized carbons (Fsp3) is 0.172. The normalized spacial score (nSPS) is 11.1. The molecule has 7 nitrogen and oxygen atoms in total. The molecule has 0 saturated carbocycles. The second kappa shape index (κ2) is 9.26. The molecule has 1 N–H and O–H groups in total. The van der Waals surface area contributed by atoms with Gasteiger partial charge >= 0.3 is 0 Å². The zero-order chi connectivity index (χ0) is 25.4. The summed E-state index contributed by atoms with van der Waals surface area (Å²) in [6, 6.07) is 16.3. The van der Waals surface area contributed by atoms with Crippen LogP contribution in [-0.4, -0.2) is 31.6 Å². The Hall–Kier alpha value is -4.52. The molecular formula is C29H25NO6. The molecule has 0 saturated heterocycles. The second-order valence-corrected chi connectivity index (χ2v) is 8.55. The summed E-state index contributed by atoms with van der Waals surface area (Å²) in [5, 5.41) is 1.18. The van der Waals surface area contributed by atoms with E-state index in [2.05, 4.69) is 4.98 Å². The Morgan fingerprint density at radius 1 is 0.917 bits per heavy atom. The minimum Gasteiger partial charge on any atom is -0.493 e. The van der Waals surface area contributed by atoms with E-state index in [1.165, 1.54) is 7.11 Å². The van der Waals surface area contributed by atoms with E-state index in [0.29, 0.717) is 33.6 Å². The maximum Gasteiger partial charge on any atom is 0.235 e. The third-order valence-electron chi connectivity index (χ3n) is 6.35. The maximum atomic E-state index is 13.6. The summed E-state index contributed by atoms with van der Waals surface area (Å²) in [5.41, 5.74) is 3.93. The first-order valence-corrected chi connectivity index (χ1v) is 11.4. The smallest absolute Gasteiger partial charge is 0.235 e. The summed E-state index contributed by atoms with van der Waals surface area (Å²) in [6.45, 7) is 3.55. The first-order chi connectivity index (χ1) is 17.4. The molecule has 2 heterocycles. The van der Waals surface area contributed by atoms with Crippen LogP contribution in [0.1, 0.15) is 21.5 Å². The lowest BCUT2D eigenvalue weighted by atomic mass is 10.0. The minimum absolute atomic E-state index is 0.0360. The van der Waals surface area contributed by atoms with Crippen LogP contribution in [0.2, 0.25) is 0 Å². The molecule has 3 aromatic carbocycles. The van der Waals surface area contributed by atoms with Gasteiger partial charge in [-0.15, -0.1) is 0 Å². The van der Waals surface area contributed by atoms with E-state index >= 15 is 0 Å². The maximum absolute atomic E-state index is 13.6. The molecule has 0 aliphatic heterocycles. The van der Waals surface area contributed by atoms with Crippen molar-refractivity contribution < 1.29 is 23.4 Å². The zero-order valence-electron chi connectivity index (χ0n) is 20.4. The number of H-pyrrole nitrogens is 1. The molecule has 0 radical (unpaired) electrons. The highest BCUT2D eigenvalue weighted by Crippen LogP contribution is 2.37. The molecule has 0 bridgehead atoms. The number of ketones is 1. The molecule has 0 aliphatic rings. The first kappa shape index (κ1) is 23.2. The molecule has 5 aromatic rings. The molecule has 7 heteroatoms. The predicted molar refractivity (Wildman–Crippen MR) is 139 cm³/mol. The van der Waals surface area contributed by atoms with Crippen LogP contribution in [0.3, 0.4) is 0 Å². The number of carbonyl (C=O) groups is 1. The van der Waals surface area contributed by atoms with Gasteiger partial charge in [-0.05, 0) is 61.4 Å². The third-order valence-corrected chi connectivity index (χ3v) is 6.35. The summed E-state index contributed by atoms with van der Waals surface area (Å²) >= 11 is 0. The van der Waals surface area contributed by atoms with Crippen molar-refractivity contribution in [1.82, 2.24) is 4.98 Å². The summed E-state index contributed by atoms with van der Waals surface area (Å²) in [5.74, 6) is 0.923. The second-order valence-electron chi connectivity index (χ2n) is 8.55. The van der Waals surface area contributed by atoms with Gasteiger partial charge in [-0.2, -0.15) is 0 Å². The first-order valence-electron chi connectivity index (χ1n) is 11.4. The van der Waals surface area contributed by atoms with Gasteiger partial charge in [0.05, 0.1) is 19.6 Å². The number of benzene rings is 3. The number of aromatic nitrogens is 1. The minimum atomic E-state index is -0.351. The highest BCUT2D eigenvalue weighted by Gasteiger charge is 2.22. The van der Waals surface area contributed by atoms with E-state index in [1.54, 1.807) is 37.6 Å². The Kier molecular flexibility index (Phi) is 5.98. The van der Waals surface area contributed by atoms with Crippen LogP contribution < -0.4 is 19.6 Å². The molecule has 5 rings (SSSR count). The van der Waals surface area contributed by atoms with Crippen LogP contribution in [-0.2, 0) is 0 Å². The van der Waals surface area contributed by atoms with Crippen LogP contribution >= 0.6 is 0 Å². The van der Waals surface area contributed by atoms with Crippen molar-refractivity contribution in [2.24, 2.45) is 0 Å². The van der Waals surface area contributed by atoms with Crippen molar-refractivity contribution in [3.63, 3.8) is 0 Å². The average Bonchev–Trinajstić information content (AvgIpc) is 3.33. The van der Waals surface area contributed by atoms with Crippen molar-refractivity contribution >= 4 is 27.7 Å². The topological polar surface area (TPSA) is 90.8 Å². The van der Waals surface area contributed by atoms with E-state index in [9.17, 15) is 9.59 Å². The highest BCUT2D eigenvalue weighted by molar-refractivity contribution is 6.08. The number of fused-ring (bicyclic) bond motifs is 2. The molecule has 2 aromatic heterocycles. The third kappa shape index (κ3) is 3.98. The van der Waals surface area contributed by atoms with E-state index in [4.69, 9.17) is 18.6 Å². The van der Waals surface area contributed by atoms with Crippen molar-refractivity contribution in [1.29, 1.82) is 0 Å². The molecule has 36 heavy (non-hydrogen) atoms. The van der Waals surface area contributed by atoms with E-state index in [0.717, 1.165) is 22.0 Å². The van der Waals surface area contributed by atoms with E-state index in [-0.39, 0.29) is 29.3 Å². The van der Waals surface area contributed by atoms with Gasteiger partial charge in [0.1, 0.15) is 5.58 Å². The van der Waals surface area contributed by atoms with Gasteiger partial charge in [0, 0.05) is 28.2 Å². The fourth-order valence-electron chi connectivity index (χ4n) is 4.25. The number of nitrogens with one attached hydrogen (secondary N) is 1. The van der Waals surface area contributed by atoms with Gasteiger partial charge < -0.3 is 23.6 Å². The van der Waals surface area contributed by atoms with Gasteiger partial charge in [-0.25, -0.2) is 0 Å². The van der Waals surface area contributed by atoms with Crippen molar-refractivity contribution in [3.05, 3.63) is 87.7 Å². The number of Topliss-reactive ketones (excluding diaryl/α,β-unsaturated/α-hetero) is 1. The van der Waals surface area contributed by atoms with Crippen molar-refractivity contribution in [3.8, 4) is 28.6 Å². The molecule has 0 fully saturated rings. The molecular weight excluding hydrogens is 458 g/mol. The number of aryl methyl sites for hydroxylation is 2. The zero-order valence-corrected chi connectivity index (χ0v) is 20.4. The number of para-hydroxylation sites is 1. The van der Waals surface area contributed by atoms with E-state index < -0.39 is 0 Å². The fourth-order valence-corrected chi connectivity index (χ4v) is 4.25. The molecule has 0 spiro atoms. The lowest BCUT2D eigenvalue weighted by Crippen LogP contribution is -2.17. The number of ether oxygens (including phenoxy) is 3. The standard InChI is InChI=1S/C29H25NO6/c1-16-11-20-25(12-17(16)2)36-28(18-9-10-24(33-3)26(13-18)34-4)29(27(20)32)35-15-23(31)21-14-30-22-8-6-5-7-19(21)22/h5-14,30H,15H2,1-4H3. The van der Waals surface area contributed by atoms with Gasteiger partial charge in [0.2, 0.25) is 17.0 Å². The van der Waals surface area contributed by atoms with Crippen LogP contribution in [0.5, 0.6) is 17.2 Å². The predicted octanol–water partition coefficient (Wildman–Crippen LogP) is 5.84. The van der Waals surface area contributed by atoms with Crippen LogP contribution in [0.25, 0.3) is 33.2 Å².